The van der Waals surface area contributed by atoms with E-state index < -0.39 is 0 Å². The van der Waals surface area contributed by atoms with Crippen LogP contribution in [-0.4, -0.2) is 33.6 Å². The Morgan fingerprint density at radius 3 is 1.29 bits per heavy atom. The number of phenols is 2. The standard InChI is InChI=1S/C31H48O4/c1-7-30(3,4)26-19-22(13-9-11-15-32)17-24(28(26)34)21-25-18-23(14-10-12-16-33)20-27(29(25)35)31(5,6)8-2/h17-20,32-35H,7-16,21H2,1-6H3. The number of aryl methyl sites for hydroxylation is 2. The minimum Gasteiger partial charge on any atom is -0.507 e. The van der Waals surface area contributed by atoms with E-state index in [4.69, 9.17) is 0 Å². The van der Waals surface area contributed by atoms with Gasteiger partial charge in [-0.15, -0.1) is 0 Å². The van der Waals surface area contributed by atoms with Crippen LogP contribution in [0.3, 0.4) is 0 Å². The molecule has 0 unspecified atom stereocenters. The lowest BCUT2D eigenvalue weighted by Gasteiger charge is -2.28. The summed E-state index contributed by atoms with van der Waals surface area (Å²) in [5.74, 6) is 0.647. The Morgan fingerprint density at radius 2 is 0.971 bits per heavy atom. The molecule has 2 aromatic rings. The Labute approximate surface area is 213 Å². The smallest absolute Gasteiger partial charge is 0.122 e. The average Bonchev–Trinajstić information content (AvgIpc) is 2.82. The van der Waals surface area contributed by atoms with Gasteiger partial charge in [-0.05, 0) is 84.5 Å². The third-order valence-electron chi connectivity index (χ3n) is 7.85. The summed E-state index contributed by atoms with van der Waals surface area (Å²) in [6.45, 7) is 13.3. The van der Waals surface area contributed by atoms with Crippen LogP contribution in [0.1, 0.15) is 113 Å². The summed E-state index contributed by atoms with van der Waals surface area (Å²) in [7, 11) is 0. The van der Waals surface area contributed by atoms with Crippen molar-refractivity contribution < 1.29 is 20.4 Å². The lowest BCUT2D eigenvalue weighted by molar-refractivity contribution is 0.284. The van der Waals surface area contributed by atoms with Crippen LogP contribution in [0.5, 0.6) is 11.5 Å². The van der Waals surface area contributed by atoms with Crippen LogP contribution in [0.2, 0.25) is 0 Å². The lowest BCUT2D eigenvalue weighted by atomic mass is 9.77. The molecule has 2 rings (SSSR count). The minimum atomic E-state index is -0.171. The van der Waals surface area contributed by atoms with Crippen molar-refractivity contribution in [3.63, 3.8) is 0 Å². The van der Waals surface area contributed by atoms with E-state index in [-0.39, 0.29) is 24.0 Å². The Kier molecular flexibility index (Phi) is 10.7. The zero-order valence-electron chi connectivity index (χ0n) is 22.9. The molecule has 0 radical (unpaired) electrons. The molecule has 0 saturated carbocycles. The van der Waals surface area contributed by atoms with E-state index >= 15 is 0 Å². The van der Waals surface area contributed by atoms with Gasteiger partial charge in [-0.2, -0.15) is 0 Å². The summed E-state index contributed by atoms with van der Waals surface area (Å²) in [4.78, 5) is 0. The van der Waals surface area contributed by atoms with Gasteiger partial charge in [-0.3, -0.25) is 0 Å². The van der Waals surface area contributed by atoms with Gasteiger partial charge in [0.25, 0.3) is 0 Å². The molecule has 0 bridgehead atoms. The molecular formula is C31H48O4. The summed E-state index contributed by atoms with van der Waals surface area (Å²) in [5, 5.41) is 41.2. The van der Waals surface area contributed by atoms with Gasteiger partial charge in [-0.25, -0.2) is 0 Å². The number of hydrogen-bond donors (Lipinski definition) is 4. The van der Waals surface area contributed by atoms with Crippen LogP contribution in [0.15, 0.2) is 24.3 Å². The van der Waals surface area contributed by atoms with Crippen LogP contribution in [0.25, 0.3) is 0 Å². The molecular weight excluding hydrogens is 436 g/mol. The second-order valence-corrected chi connectivity index (χ2v) is 11.3. The predicted molar refractivity (Wildman–Crippen MR) is 146 cm³/mol. The number of aliphatic hydroxyl groups is 2. The normalized spacial score (nSPS) is 12.3. The van der Waals surface area contributed by atoms with Gasteiger partial charge in [-0.1, -0.05) is 65.8 Å². The maximum atomic E-state index is 11.4. The molecule has 0 spiro atoms. The molecule has 0 aliphatic rings. The van der Waals surface area contributed by atoms with Crippen molar-refractivity contribution in [1.29, 1.82) is 0 Å². The highest BCUT2D eigenvalue weighted by Crippen LogP contribution is 2.41. The summed E-state index contributed by atoms with van der Waals surface area (Å²) in [6.07, 6.45) is 7.27. The molecule has 0 amide bonds. The second kappa shape index (κ2) is 12.8. The summed E-state index contributed by atoms with van der Waals surface area (Å²) < 4.78 is 0. The van der Waals surface area contributed by atoms with E-state index in [0.29, 0.717) is 17.9 Å². The maximum Gasteiger partial charge on any atom is 0.122 e. The highest BCUT2D eigenvalue weighted by atomic mass is 16.3. The minimum absolute atomic E-state index is 0.171. The maximum absolute atomic E-state index is 11.4. The van der Waals surface area contributed by atoms with Crippen LogP contribution >= 0.6 is 0 Å². The van der Waals surface area contributed by atoms with Crippen molar-refractivity contribution in [3.8, 4) is 11.5 Å². The van der Waals surface area contributed by atoms with E-state index in [1.54, 1.807) is 0 Å². The first-order valence-corrected chi connectivity index (χ1v) is 13.4. The molecule has 2 aromatic carbocycles. The highest BCUT2D eigenvalue weighted by Gasteiger charge is 2.27. The van der Waals surface area contributed by atoms with Gasteiger partial charge in [0, 0.05) is 30.8 Å². The number of phenolic OH excluding ortho intramolecular Hbond substituents is 2. The van der Waals surface area contributed by atoms with Crippen LogP contribution < -0.4 is 0 Å². The Bertz CT molecular complexity index is 881. The molecule has 4 heteroatoms. The van der Waals surface area contributed by atoms with E-state index in [1.165, 1.54) is 0 Å². The van der Waals surface area contributed by atoms with Crippen LogP contribution in [0, 0.1) is 0 Å². The molecule has 196 valence electrons. The number of rotatable bonds is 14. The molecule has 0 saturated heterocycles. The number of hydrogen-bond acceptors (Lipinski definition) is 4. The molecule has 0 aliphatic carbocycles. The molecule has 0 aliphatic heterocycles. The predicted octanol–water partition coefficient (Wildman–Crippen LogP) is 6.69. The number of unbranched alkanes of at least 4 members (excludes halogenated alkanes) is 2. The van der Waals surface area contributed by atoms with E-state index in [9.17, 15) is 20.4 Å². The van der Waals surface area contributed by atoms with Gasteiger partial charge in [0.1, 0.15) is 11.5 Å². The number of aromatic hydroxyl groups is 2. The van der Waals surface area contributed by atoms with Crippen molar-refractivity contribution >= 4 is 0 Å². The first-order chi connectivity index (χ1) is 16.5. The summed E-state index contributed by atoms with van der Waals surface area (Å²) in [6, 6.07) is 8.39. The van der Waals surface area contributed by atoms with Crippen LogP contribution in [-0.2, 0) is 30.1 Å². The monoisotopic (exact) mass is 484 g/mol. The Hall–Kier alpha value is -2.04. The largest absolute Gasteiger partial charge is 0.507 e. The van der Waals surface area contributed by atoms with Gasteiger partial charge < -0.3 is 20.4 Å². The fourth-order valence-electron chi connectivity index (χ4n) is 4.58. The Morgan fingerprint density at radius 1 is 0.600 bits per heavy atom. The van der Waals surface area contributed by atoms with Crippen molar-refractivity contribution in [2.75, 3.05) is 13.2 Å². The molecule has 0 fully saturated rings. The number of benzene rings is 2. The zero-order chi connectivity index (χ0) is 26.2. The fraction of sp³-hybridized carbons (Fsp3) is 0.613. The molecule has 4 N–H and O–H groups in total. The molecule has 35 heavy (non-hydrogen) atoms. The highest BCUT2D eigenvalue weighted by molar-refractivity contribution is 5.53. The fourth-order valence-corrected chi connectivity index (χ4v) is 4.58. The molecule has 0 heterocycles. The average molecular weight is 485 g/mol. The van der Waals surface area contributed by atoms with Crippen molar-refractivity contribution in [1.82, 2.24) is 0 Å². The molecule has 0 atom stereocenters. The SMILES string of the molecule is CCC(C)(C)c1cc(CCCCO)cc(Cc2cc(CCCCO)cc(C(C)(C)CC)c2O)c1O. The second-order valence-electron chi connectivity index (χ2n) is 11.3. The van der Waals surface area contributed by atoms with E-state index in [2.05, 4.69) is 65.8 Å². The zero-order valence-corrected chi connectivity index (χ0v) is 22.9. The lowest BCUT2D eigenvalue weighted by Crippen LogP contribution is -2.18. The van der Waals surface area contributed by atoms with Gasteiger partial charge in [0.15, 0.2) is 0 Å². The van der Waals surface area contributed by atoms with Crippen LogP contribution in [0.4, 0.5) is 0 Å². The van der Waals surface area contributed by atoms with Gasteiger partial charge >= 0.3 is 0 Å². The third-order valence-corrected chi connectivity index (χ3v) is 7.85. The summed E-state index contributed by atoms with van der Waals surface area (Å²) in [5.41, 5.74) is 5.56. The van der Waals surface area contributed by atoms with Crippen molar-refractivity contribution in [2.45, 2.75) is 110 Å². The van der Waals surface area contributed by atoms with Crippen molar-refractivity contribution in [2.24, 2.45) is 0 Å². The van der Waals surface area contributed by atoms with Crippen molar-refractivity contribution in [3.05, 3.63) is 57.6 Å². The van der Waals surface area contributed by atoms with E-state index in [0.717, 1.165) is 84.7 Å². The quantitative estimate of drug-likeness (QED) is 0.225. The molecule has 0 aromatic heterocycles. The van der Waals surface area contributed by atoms with E-state index in [1.807, 2.05) is 0 Å². The van der Waals surface area contributed by atoms with Gasteiger partial charge in [0.2, 0.25) is 0 Å². The number of aliphatic hydroxyl groups excluding tert-OH is 2. The van der Waals surface area contributed by atoms with Gasteiger partial charge in [0.05, 0.1) is 0 Å². The first-order valence-electron chi connectivity index (χ1n) is 13.4. The topological polar surface area (TPSA) is 80.9 Å². The Balaban J connectivity index is 2.60. The first kappa shape index (κ1) is 29.2. The molecule has 4 nitrogen and oxygen atoms in total. The summed E-state index contributed by atoms with van der Waals surface area (Å²) >= 11 is 0. The third kappa shape index (κ3) is 7.47.